The number of sulfone groups is 1. The molecular formula is C90H116F3N9O20S. The molecule has 7 aliphatic heterocycles. The van der Waals surface area contributed by atoms with Gasteiger partial charge in [-0.05, 0) is 121 Å². The van der Waals surface area contributed by atoms with E-state index < -0.39 is 46.3 Å². The minimum atomic E-state index is -3.31. The number of ketones is 2. The van der Waals surface area contributed by atoms with Crippen molar-refractivity contribution in [3.8, 4) is 40.2 Å². The van der Waals surface area contributed by atoms with Gasteiger partial charge in [-0.1, -0.05) is 73.6 Å². The van der Waals surface area contributed by atoms with Gasteiger partial charge >= 0.3 is 11.9 Å². The lowest BCUT2D eigenvalue weighted by Gasteiger charge is -2.18. The number of carbonyl (C=O) groups is 4. The number of aryl methyl sites for hydroxylation is 4. The highest BCUT2D eigenvalue weighted by Crippen LogP contribution is 2.56. The van der Waals surface area contributed by atoms with Gasteiger partial charge in [-0.25, -0.2) is 22.2 Å². The van der Waals surface area contributed by atoms with Crippen LogP contribution >= 0.6 is 0 Å². The van der Waals surface area contributed by atoms with Crippen molar-refractivity contribution in [2.45, 2.75) is 147 Å². The van der Waals surface area contributed by atoms with Crippen LogP contribution < -0.4 is 14.2 Å². The Hall–Kier alpha value is -10.2. The summed E-state index contributed by atoms with van der Waals surface area (Å²) in [4.78, 5) is 47.9. The summed E-state index contributed by atoms with van der Waals surface area (Å²) in [5.41, 5.74) is 9.13. The number of hydrogen-bond donors (Lipinski definition) is 6. The van der Waals surface area contributed by atoms with E-state index in [1.54, 1.807) is 71.4 Å². The second-order valence-electron chi connectivity index (χ2n) is 31.3. The van der Waals surface area contributed by atoms with Gasteiger partial charge < -0.3 is 68.2 Å². The van der Waals surface area contributed by atoms with Crippen molar-refractivity contribution in [2.24, 2.45) is 36.6 Å². The Morgan fingerprint density at radius 2 is 1.41 bits per heavy atom. The molecule has 11 aliphatic rings. The Bertz CT molecular complexity index is 5020. The minimum Gasteiger partial charge on any atom is -0.489 e. The number of nitrogens with one attached hydrogen (secondary N) is 1. The number of aliphatic hydroxyl groups excluding tert-OH is 3. The number of H-pyrrole nitrogens is 1. The molecule has 18 rings (SSSR count). The maximum absolute atomic E-state index is 13.9. The lowest BCUT2D eigenvalue weighted by Crippen LogP contribution is -2.19. The van der Waals surface area contributed by atoms with Gasteiger partial charge in [-0.2, -0.15) is 20.4 Å². The fraction of sp³-hybridized carbons (Fsp3) is 0.500. The van der Waals surface area contributed by atoms with Crippen LogP contribution in [0.25, 0.3) is 22.0 Å². The number of fused-ring (bicyclic) bond motifs is 11. The van der Waals surface area contributed by atoms with Crippen LogP contribution in [0.5, 0.6) is 17.2 Å². The lowest BCUT2D eigenvalue weighted by molar-refractivity contribution is -0.144. The number of nitrogens with zero attached hydrogens (tertiary/aromatic N) is 8. The van der Waals surface area contributed by atoms with E-state index in [1.807, 2.05) is 65.0 Å². The Balaban J connectivity index is 0.000000186. The average Bonchev–Trinajstić information content (AvgIpc) is 1.62. The molecule has 123 heavy (non-hydrogen) atoms. The van der Waals surface area contributed by atoms with E-state index in [4.69, 9.17) is 69.4 Å². The zero-order chi connectivity index (χ0) is 90.5. The number of aromatic nitrogens is 9. The average molecular weight is 1730 g/mol. The molecule has 6 N–H and O–H groups in total. The highest BCUT2D eigenvalue weighted by atomic mass is 32.2. The molecule has 33 heteroatoms. The van der Waals surface area contributed by atoms with Crippen LogP contribution in [-0.4, -0.2) is 232 Å². The van der Waals surface area contributed by atoms with E-state index >= 15 is 0 Å². The van der Waals surface area contributed by atoms with Gasteiger partial charge in [0.25, 0.3) is 0 Å². The lowest BCUT2D eigenvalue weighted by atomic mass is 9.90. The molecule has 0 amide bonds. The predicted molar refractivity (Wildman–Crippen MR) is 455 cm³/mol. The topological polar surface area (TPSA) is 385 Å². The van der Waals surface area contributed by atoms with Gasteiger partial charge in [0.15, 0.2) is 38.7 Å². The number of carbonyl (C=O) groups excluding carboxylic acids is 3. The number of esters is 1. The Morgan fingerprint density at radius 3 is 1.90 bits per heavy atom. The number of aliphatic carboxylic acids is 1. The number of carboxylic acid groups (broad SMARTS) is 1. The molecule has 7 aromatic rings. The van der Waals surface area contributed by atoms with Crippen molar-refractivity contribution in [1.82, 2.24) is 44.5 Å². The van der Waals surface area contributed by atoms with Crippen LogP contribution in [0, 0.1) is 73.8 Å². The molecular weight excluding hydrogens is 1620 g/mol. The molecule has 29 nitrogen and oxygen atoms in total. The second kappa shape index (κ2) is 47.0. The van der Waals surface area contributed by atoms with Crippen molar-refractivity contribution in [3.05, 3.63) is 192 Å². The number of rotatable bonds is 18. The van der Waals surface area contributed by atoms with Crippen LogP contribution in [0.15, 0.2) is 123 Å². The molecule has 0 spiro atoms. The largest absolute Gasteiger partial charge is 0.489 e. The van der Waals surface area contributed by atoms with Crippen LogP contribution in [0.1, 0.15) is 135 Å². The molecule has 2 aromatic carbocycles. The summed E-state index contributed by atoms with van der Waals surface area (Å²) in [7, 11) is -2.55. The zero-order valence-electron chi connectivity index (χ0n) is 72.2. The molecule has 12 heterocycles. The minimum absolute atomic E-state index is 0.0613. The third-order valence-corrected chi connectivity index (χ3v) is 21.0. The van der Waals surface area contributed by atoms with E-state index in [0.29, 0.717) is 134 Å². The smallest absolute Gasteiger partial charge is 0.327 e. The van der Waals surface area contributed by atoms with Gasteiger partial charge in [-0.3, -0.25) is 42.7 Å². The number of ether oxygens (including phenoxy) is 9. The molecule has 12 atom stereocenters. The number of epoxide rings is 1. The van der Waals surface area contributed by atoms with Crippen LogP contribution in [0.4, 0.5) is 13.2 Å². The first kappa shape index (κ1) is 96.6. The monoisotopic (exact) mass is 1730 g/mol. The summed E-state index contributed by atoms with van der Waals surface area (Å²) in [6.45, 7) is 34.1. The molecule has 4 saturated carbocycles. The van der Waals surface area contributed by atoms with Gasteiger partial charge in [0.05, 0.1) is 146 Å². The van der Waals surface area contributed by atoms with Crippen molar-refractivity contribution in [2.75, 3.05) is 106 Å². The van der Waals surface area contributed by atoms with Gasteiger partial charge in [0.1, 0.15) is 66.3 Å². The number of para-hydroxylation sites is 1. The highest BCUT2D eigenvalue weighted by Gasteiger charge is 2.50. The summed E-state index contributed by atoms with van der Waals surface area (Å²) in [6, 6.07) is 12.6. The summed E-state index contributed by atoms with van der Waals surface area (Å²) in [6.07, 6.45) is 18.7. The number of carboxylic acids is 1. The number of Topliss-reactive ketones (excluding diaryl/α,β-unsaturated/α-hetero) is 1. The van der Waals surface area contributed by atoms with Crippen molar-refractivity contribution < 1.29 is 110 Å². The van der Waals surface area contributed by atoms with E-state index in [2.05, 4.69) is 63.7 Å². The molecule has 11 unspecified atom stereocenters. The first-order chi connectivity index (χ1) is 59.2. The standard InChI is InChI=1S/C29H29F2N3O3S.C12H16N2O3.C10H12N2O3.C8H10N2O.C7H12O2.C6H8O2.C5H8O2.C5H6O2.C4H6O.C3H6O.CH3F/c1-18(13-19-14-20(30)16-21(31)15-19)27-23(10-9-22(32-27)11-12-29(2,3)35)24-7-6-8-25-26(17-38(5,36)37)33-34(4)28(24)25;1-3-16-10(15)5-14-11-9-4-8(9)6-17-12(11)7(2)13-14;1-5-10-9(7-2-6(7)4-15-10)12(11-5)3-8(13)14;1-4-8-7(10-9-4)6-2-5(6)3-11-8;1-3-5-9-6-7(8)4-2;7-6-3-8-2-4-1-5(4)6;2*6-5-2-1-3-7-4-5;1-2-4-3-5-4;1-2-3-4;1-2/h6-10,14-16,18,35H,13,17H2,1-5H3;8-9H,3-6H2,1-2H3;6-7H,2-4H2,1H3,(H,13,14);5-6H,2-3H2,1H3,(H,9,10);3-4,7-8H,1-2,5-6H2;4-5H,1-3H2;1-2,5-6H,3-4H2;1-2H,3-4H2;2,4H,1,3H2;2,4H,1,3H2;1H3/t18-;;;;;;;;;;/m0........../s1/i;;;;;;;;;;1D. The van der Waals surface area contributed by atoms with Crippen molar-refractivity contribution >= 4 is 44.2 Å². The molecule has 2 saturated heterocycles. The number of halogens is 3. The molecule has 6 fully saturated rings. The summed E-state index contributed by atoms with van der Waals surface area (Å²) in [5.74, 6) is 10.6. The number of aromatic amines is 1. The number of benzene rings is 2. The Morgan fingerprint density at radius 1 is 0.805 bits per heavy atom. The third-order valence-electron chi connectivity index (χ3n) is 20.2. The number of hydrogen-bond acceptors (Lipinski definition) is 24. The molecule has 0 bridgehead atoms. The second-order valence-corrected chi connectivity index (χ2v) is 33.4. The van der Waals surface area contributed by atoms with Gasteiger partial charge in [0, 0.05) is 83.2 Å². The zero-order valence-corrected chi connectivity index (χ0v) is 72.1. The summed E-state index contributed by atoms with van der Waals surface area (Å²) in [5, 5.41) is 65.1. The van der Waals surface area contributed by atoms with E-state index in [9.17, 15) is 45.9 Å². The first-order valence-corrected chi connectivity index (χ1v) is 42.6. The molecule has 4 aliphatic carbocycles. The van der Waals surface area contributed by atoms with E-state index in [1.165, 1.54) is 42.7 Å². The quantitative estimate of drug-likeness (QED) is 0.0153. The van der Waals surface area contributed by atoms with E-state index in [-0.39, 0.29) is 55.8 Å². The Labute approximate surface area is 717 Å². The number of pyridine rings is 1. The Kier molecular flexibility index (Phi) is 36.9. The maximum atomic E-state index is 13.9. The fourth-order valence-electron chi connectivity index (χ4n) is 14.0. The number of alkyl halides is 1. The van der Waals surface area contributed by atoms with Crippen molar-refractivity contribution in [1.29, 1.82) is 0 Å². The molecule has 0 radical (unpaired) electrons. The van der Waals surface area contributed by atoms with Gasteiger partial charge in [0.2, 0.25) is 0 Å². The van der Waals surface area contributed by atoms with E-state index in [0.717, 1.165) is 127 Å². The molecule has 5 aromatic heterocycles. The normalized spacial score (nSPS) is 21.8. The van der Waals surface area contributed by atoms with Crippen LogP contribution in [0.3, 0.4) is 0 Å². The summed E-state index contributed by atoms with van der Waals surface area (Å²) < 4.78 is 118. The van der Waals surface area contributed by atoms with Crippen LogP contribution in [0.2, 0.25) is 0 Å². The third kappa shape index (κ3) is 30.6. The fourth-order valence-corrected chi connectivity index (χ4v) is 14.7. The van der Waals surface area contributed by atoms with Crippen molar-refractivity contribution in [3.63, 3.8) is 0 Å². The van der Waals surface area contributed by atoms with Gasteiger partial charge in [-0.15, -0.1) is 26.3 Å². The molecule has 668 valence electrons. The SMILES string of the molecule is C=CC1CO1.C=CCO.C=CCOCC(O)C=C.CCOC(=O)Cn1nc(C)c2c1C1CC1CO2.C[C@@H](Cc1cc(F)cc(F)c1)c1nc(C#CC(C)(C)O)ccc1-c1cccc2c(CS(C)(=O)=O)nn(C)c12.Cc1[nH]nc2c1OCC1CC21.Cc1nn(CC(=O)O)c2c1OCC1CC21.O=C1C=CCOC1.O=C1COCC2CC12.OC1C=CCOC1.[2H]CF. The summed E-state index contributed by atoms with van der Waals surface area (Å²) >= 11 is 0. The maximum Gasteiger partial charge on any atom is 0.327 e. The highest BCUT2D eigenvalue weighted by molar-refractivity contribution is 7.89. The first-order valence-electron chi connectivity index (χ1n) is 41.3. The number of aliphatic hydroxyl groups is 4. The predicted octanol–water partition coefficient (Wildman–Crippen LogP) is 10.5. The van der Waals surface area contributed by atoms with Crippen LogP contribution in [-0.2, 0) is 89.7 Å².